The molecule has 126 heavy (non-hydrogen) atoms. The Bertz CT molecular complexity index is 4850. The molecule has 14 amide bonds. The number of nitrogens with two attached hydrogens (primary N) is 2. The summed E-state index contributed by atoms with van der Waals surface area (Å²) in [4.78, 5) is 241. The number of primary amides is 1. The molecular weight excluding hydrogens is 1650 g/mol. The second kappa shape index (κ2) is 47.6. The van der Waals surface area contributed by atoms with Crippen molar-refractivity contribution in [3.63, 3.8) is 0 Å². The molecule has 8 rings (SSSR count). The number of carboxylic acids is 1. The van der Waals surface area contributed by atoms with E-state index in [9.17, 15) is 63.3 Å². The highest BCUT2D eigenvalue weighted by Gasteiger charge is 2.44. The molecule has 2 aliphatic rings. The van der Waals surface area contributed by atoms with Gasteiger partial charge in [0.25, 0.3) is 0 Å². The molecular formula is C88H114N18O19S. The number of aliphatic hydroxyl groups is 1. The van der Waals surface area contributed by atoms with Crippen molar-refractivity contribution in [3.05, 3.63) is 174 Å². The molecule has 0 radical (unpaired) electrons. The van der Waals surface area contributed by atoms with E-state index >= 15 is 28.8 Å². The normalized spacial score (nSPS) is 22.8. The first kappa shape index (κ1) is 98.2. The number of aromatic hydroxyl groups is 1. The number of carboxylic acid groups (broad SMARTS) is 1. The van der Waals surface area contributed by atoms with Gasteiger partial charge in [-0.15, -0.1) is 0 Å². The van der Waals surface area contributed by atoms with E-state index in [-0.39, 0.29) is 88.1 Å². The van der Waals surface area contributed by atoms with E-state index in [0.29, 0.717) is 38.7 Å². The third-order valence-corrected chi connectivity index (χ3v) is 22.9. The first-order valence-electron chi connectivity index (χ1n) is 41.5. The number of benzene rings is 5. The number of thioether (sulfide) groups is 1. The summed E-state index contributed by atoms with van der Waals surface area (Å²) in [7, 11) is 5.02. The molecule has 3 heterocycles. The van der Waals surface area contributed by atoms with E-state index < -0.39 is 218 Å². The predicted molar refractivity (Wildman–Crippen MR) is 466 cm³/mol. The lowest BCUT2D eigenvalue weighted by Crippen LogP contribution is -2.62. The number of hydrogen-bond donors (Lipinski definition) is 16. The quantitative estimate of drug-likeness (QED) is 0.0230. The van der Waals surface area contributed by atoms with Gasteiger partial charge in [-0.2, -0.15) is 11.8 Å². The molecule has 0 unspecified atom stereocenters. The lowest BCUT2D eigenvalue weighted by Gasteiger charge is -2.36. The number of rotatable bonds is 22. The minimum Gasteiger partial charge on any atom is -0.508 e. The summed E-state index contributed by atoms with van der Waals surface area (Å²) >= 11 is 0.873. The second-order valence-corrected chi connectivity index (χ2v) is 33.0. The third kappa shape index (κ3) is 29.2. The van der Waals surface area contributed by atoms with Crippen molar-refractivity contribution < 1.29 is 92.0 Å². The van der Waals surface area contributed by atoms with Crippen LogP contribution in [0.3, 0.4) is 0 Å². The standard InChI is InChI=1S/C88H114N18O19S/c1-51(2)75-82(120)97-64(35-36-74(113)114)83(121)102(4)47-73(112)96-66(40-56-31-33-59(108)34-32-56)84(122)104(6)69(41-54-23-13-9-14-24-54)85(123)103(5)48-72(111)95-63(29-19-37-92-88(90)91)79(117)98-65(44-58-45-93-62-28-18-17-27-61(58)62)80(118)101-76(52(3)107)87(125)105(7)70(42-55-25-15-10-16-26-55)86(124)106-38-20-30-68(106)81(119)99-67(78(116)94-46-71(89)110)50-126-49-60(109)43-57(77(115)100-75)39-53-21-11-8-12-22-53/h8-18,21-28,31-34,45,51-52,57,63-70,75-76,93,107-108H,19-20,29-30,35-44,46-50H2,1-7H3,(H2,89,110)(H,94,116)(H,95,111)(H,96,112)(H,97,120)(H,98,117)(H,99,119)(H,100,115)(H,101,118)(H,113,114)(H4,90,91,92)/t52-,57-,63+,64+,65+,66+,67+,68+,69+,70+,75+,76+/m1/s1. The molecule has 1 aromatic heterocycles. The number of Topliss-reactive ketones (excluding diaryl/α,β-unsaturated/α-hetero) is 1. The number of guanidine groups is 1. The number of aromatic amines is 1. The summed E-state index contributed by atoms with van der Waals surface area (Å²) < 4.78 is 0. The van der Waals surface area contributed by atoms with Crippen molar-refractivity contribution in [2.75, 3.05) is 72.4 Å². The zero-order valence-electron chi connectivity index (χ0n) is 71.5. The number of nitrogens with one attached hydrogen (secondary N) is 11. The molecule has 18 N–H and O–H groups in total. The lowest BCUT2D eigenvalue weighted by atomic mass is 9.92. The van der Waals surface area contributed by atoms with Crippen LogP contribution in [-0.4, -0.2) is 284 Å². The number of phenolic OH excluding ortho intramolecular Hbond substituents is 1. The van der Waals surface area contributed by atoms with Gasteiger partial charge in [-0.3, -0.25) is 82.1 Å². The van der Waals surface area contributed by atoms with Crippen molar-refractivity contribution in [2.24, 2.45) is 23.3 Å². The molecule has 12 atom stereocenters. The smallest absolute Gasteiger partial charge is 0.303 e. The Hall–Kier alpha value is -13.3. The van der Waals surface area contributed by atoms with E-state index in [0.717, 1.165) is 31.4 Å². The largest absolute Gasteiger partial charge is 0.508 e. The number of likely N-dealkylation sites (N-methyl/N-ethyl adjacent to an activating group) is 4. The molecule has 38 heteroatoms. The first-order valence-corrected chi connectivity index (χ1v) is 42.6. The summed E-state index contributed by atoms with van der Waals surface area (Å²) in [6, 6.07) is 22.7. The number of ketones is 1. The number of phenols is 1. The number of nitrogens with zero attached hydrogens (tertiary/aromatic N) is 5. The number of para-hydroxylation sites is 1. The number of carbonyl (C=O) groups is 16. The average Bonchev–Trinajstić information content (AvgIpc) is 1.65. The summed E-state index contributed by atoms with van der Waals surface area (Å²) in [6.45, 7) is 2.04. The summed E-state index contributed by atoms with van der Waals surface area (Å²) in [6.07, 6.45) is -2.70. The second-order valence-electron chi connectivity index (χ2n) is 31.9. The molecule has 2 saturated heterocycles. The molecule has 0 spiro atoms. The molecule has 2 aliphatic heterocycles. The maximum atomic E-state index is 15.5. The Morgan fingerprint density at radius 2 is 1.09 bits per heavy atom. The monoisotopic (exact) mass is 1760 g/mol. The van der Waals surface area contributed by atoms with Crippen molar-refractivity contribution >= 4 is 123 Å². The lowest BCUT2D eigenvalue weighted by molar-refractivity contribution is -0.150. The maximum Gasteiger partial charge on any atom is 0.303 e. The topological polar surface area (TPSA) is 550 Å². The zero-order chi connectivity index (χ0) is 92.0. The van der Waals surface area contributed by atoms with Crippen molar-refractivity contribution in [3.8, 4) is 5.75 Å². The molecule has 0 saturated carbocycles. The van der Waals surface area contributed by atoms with Gasteiger partial charge in [-0.25, -0.2) is 0 Å². The fraction of sp³-hybridized carbons (Fsp3) is 0.443. The Morgan fingerprint density at radius 1 is 0.548 bits per heavy atom. The van der Waals surface area contributed by atoms with Crippen LogP contribution in [0.2, 0.25) is 0 Å². The number of aromatic nitrogens is 1. The predicted octanol–water partition coefficient (Wildman–Crippen LogP) is -0.569. The third-order valence-electron chi connectivity index (χ3n) is 21.8. The Morgan fingerprint density at radius 3 is 1.67 bits per heavy atom. The number of aliphatic carboxylic acids is 1. The molecule has 0 aliphatic carbocycles. The van der Waals surface area contributed by atoms with Gasteiger partial charge in [0.1, 0.15) is 72.0 Å². The van der Waals surface area contributed by atoms with Gasteiger partial charge in [0.2, 0.25) is 82.7 Å². The van der Waals surface area contributed by atoms with Gasteiger partial charge in [-0.05, 0) is 97.4 Å². The molecule has 5 aromatic carbocycles. The van der Waals surface area contributed by atoms with Crippen LogP contribution in [-0.2, 0) is 109 Å². The van der Waals surface area contributed by atoms with Gasteiger partial charge >= 0.3 is 5.97 Å². The van der Waals surface area contributed by atoms with Crippen LogP contribution in [0.1, 0.15) is 93.5 Å². The zero-order valence-corrected chi connectivity index (χ0v) is 72.3. The fourth-order valence-corrected chi connectivity index (χ4v) is 15.9. The number of amides is 14. The van der Waals surface area contributed by atoms with Gasteiger partial charge in [0.05, 0.1) is 31.5 Å². The van der Waals surface area contributed by atoms with Crippen LogP contribution < -0.4 is 59.3 Å². The Balaban J connectivity index is 1.19. The van der Waals surface area contributed by atoms with E-state index in [1.165, 1.54) is 64.3 Å². The SMILES string of the molecule is CC(C)[C@@H]1NC(=O)[C@H](Cc2ccccc2)CC(=O)CSC[C@@H](C(=O)NCC(N)=O)NC(=O)[C@@H]2CCCN2C(=O)[C@H](Cc2ccccc2)N(C)C(=O)[C@H]([C@@H](C)O)NC(=O)[C@H](Cc2c[nH]c3ccccc23)NC(=O)[C@H](CCCNC(=N)N)NC(=O)CN(C)C(=O)[C@H](Cc2ccccc2)N(C)C(=O)[C@H](Cc2ccc(O)cc2)NC(=O)CN(C)C(=O)[C@H](CCC(=O)O)NC1=O. The van der Waals surface area contributed by atoms with E-state index in [2.05, 4.69) is 52.8 Å². The Labute approximate surface area is 733 Å². The molecule has 37 nitrogen and oxygen atoms in total. The molecule has 676 valence electrons. The average molecular weight is 1760 g/mol. The highest BCUT2D eigenvalue weighted by atomic mass is 32.2. The number of fused-ring (bicyclic) bond motifs is 2. The number of H-pyrrole nitrogens is 1. The van der Waals surface area contributed by atoms with Gasteiger partial charge in [0, 0.05) is 109 Å². The van der Waals surface area contributed by atoms with Gasteiger partial charge < -0.3 is 104 Å². The number of carbonyl (C=O) groups excluding carboxylic acids is 15. The van der Waals surface area contributed by atoms with Crippen LogP contribution in [0.5, 0.6) is 5.75 Å². The minimum atomic E-state index is -1.87. The minimum absolute atomic E-state index is 0.00202. The fourth-order valence-electron chi connectivity index (χ4n) is 14.9. The summed E-state index contributed by atoms with van der Waals surface area (Å²) in [5.74, 6) is -17.9. The maximum absolute atomic E-state index is 15.5. The van der Waals surface area contributed by atoms with Crippen LogP contribution in [0, 0.1) is 17.2 Å². The first-order chi connectivity index (χ1) is 60.0. The van der Waals surface area contributed by atoms with Crippen LogP contribution >= 0.6 is 11.8 Å². The van der Waals surface area contributed by atoms with E-state index in [1.54, 1.807) is 135 Å². The van der Waals surface area contributed by atoms with Crippen LogP contribution in [0.4, 0.5) is 0 Å². The molecule has 6 aromatic rings. The van der Waals surface area contributed by atoms with Crippen LogP contribution in [0.15, 0.2) is 146 Å². The van der Waals surface area contributed by atoms with Gasteiger partial charge in [-0.1, -0.05) is 135 Å². The van der Waals surface area contributed by atoms with E-state index in [1.807, 2.05) is 0 Å². The Kier molecular flexibility index (Phi) is 37.1. The van der Waals surface area contributed by atoms with Crippen molar-refractivity contribution in [1.82, 2.24) is 77.3 Å². The number of aliphatic hydroxyl groups excluding tert-OH is 1. The highest BCUT2D eigenvalue weighted by molar-refractivity contribution is 8.00. The van der Waals surface area contributed by atoms with Gasteiger partial charge in [0.15, 0.2) is 5.96 Å². The summed E-state index contributed by atoms with van der Waals surface area (Å²) in [5, 5.41) is 64.1. The number of hydrogen-bond acceptors (Lipinski definition) is 20. The van der Waals surface area contributed by atoms with Crippen molar-refractivity contribution in [2.45, 2.75) is 164 Å². The molecule has 0 bridgehead atoms. The summed E-state index contributed by atoms with van der Waals surface area (Å²) in [5.41, 5.74) is 14.2. The van der Waals surface area contributed by atoms with E-state index in [4.69, 9.17) is 16.9 Å². The van der Waals surface area contributed by atoms with Crippen molar-refractivity contribution in [1.29, 1.82) is 5.41 Å². The molecule has 2 fully saturated rings. The highest BCUT2D eigenvalue weighted by Crippen LogP contribution is 2.26. The van der Waals surface area contributed by atoms with Crippen LogP contribution in [0.25, 0.3) is 10.9 Å².